The van der Waals surface area contributed by atoms with Crippen LogP contribution in [0.1, 0.15) is 12.0 Å². The molecule has 4 heteroatoms. The zero-order valence-corrected chi connectivity index (χ0v) is 11.6. The second-order valence-electron chi connectivity index (χ2n) is 4.04. The molecule has 1 aromatic rings. The van der Waals surface area contributed by atoms with Gasteiger partial charge in [0, 0.05) is 35.4 Å². The molecule has 1 heterocycles. The van der Waals surface area contributed by atoms with Crippen molar-refractivity contribution < 1.29 is 0 Å². The lowest BCUT2D eigenvalue weighted by Gasteiger charge is -2.26. The number of benzene rings is 1. The molecule has 1 unspecified atom stereocenters. The SMILES string of the molecule is CN(c1ccc(CCl)c(Cl)c1)C1CCSC1. The quantitative estimate of drug-likeness (QED) is 0.767. The summed E-state index contributed by atoms with van der Waals surface area (Å²) in [6.45, 7) is 0. The van der Waals surface area contributed by atoms with Gasteiger partial charge < -0.3 is 4.90 Å². The molecule has 0 amide bonds. The topological polar surface area (TPSA) is 3.24 Å². The van der Waals surface area contributed by atoms with Crippen molar-refractivity contribution in [3.8, 4) is 0 Å². The van der Waals surface area contributed by atoms with E-state index >= 15 is 0 Å². The number of thioether (sulfide) groups is 1. The van der Waals surface area contributed by atoms with E-state index in [-0.39, 0.29) is 0 Å². The van der Waals surface area contributed by atoms with Crippen LogP contribution in [0.3, 0.4) is 0 Å². The zero-order chi connectivity index (χ0) is 11.5. The summed E-state index contributed by atoms with van der Waals surface area (Å²) in [6.07, 6.45) is 1.26. The van der Waals surface area contributed by atoms with Gasteiger partial charge in [0.1, 0.15) is 0 Å². The fraction of sp³-hybridized carbons (Fsp3) is 0.500. The molecular formula is C12H15Cl2NS. The molecule has 88 valence electrons. The van der Waals surface area contributed by atoms with Gasteiger partial charge in [-0.15, -0.1) is 11.6 Å². The number of hydrogen-bond acceptors (Lipinski definition) is 2. The second kappa shape index (κ2) is 5.52. The molecule has 1 fully saturated rings. The first-order valence-electron chi connectivity index (χ1n) is 5.37. The summed E-state index contributed by atoms with van der Waals surface area (Å²) in [5.41, 5.74) is 2.19. The summed E-state index contributed by atoms with van der Waals surface area (Å²) in [7, 11) is 2.14. The average molecular weight is 276 g/mol. The monoisotopic (exact) mass is 275 g/mol. The molecule has 1 aromatic carbocycles. The van der Waals surface area contributed by atoms with Gasteiger partial charge in [-0.2, -0.15) is 11.8 Å². The third-order valence-corrected chi connectivity index (χ3v) is 4.83. The number of nitrogens with zero attached hydrogens (tertiary/aromatic N) is 1. The van der Waals surface area contributed by atoms with E-state index in [1.54, 1.807) is 0 Å². The Morgan fingerprint density at radius 3 is 2.88 bits per heavy atom. The number of halogens is 2. The largest absolute Gasteiger partial charge is 0.371 e. The molecule has 1 atom stereocenters. The molecule has 0 aromatic heterocycles. The first-order valence-corrected chi connectivity index (χ1v) is 7.44. The Kier molecular flexibility index (Phi) is 4.28. The Morgan fingerprint density at radius 1 is 1.50 bits per heavy atom. The van der Waals surface area contributed by atoms with E-state index in [0.717, 1.165) is 10.6 Å². The Morgan fingerprint density at radius 2 is 2.31 bits per heavy atom. The van der Waals surface area contributed by atoms with Crippen LogP contribution in [0.25, 0.3) is 0 Å². The molecular weight excluding hydrogens is 261 g/mol. The predicted molar refractivity (Wildman–Crippen MR) is 75.1 cm³/mol. The molecule has 2 rings (SSSR count). The van der Waals surface area contributed by atoms with Crippen molar-refractivity contribution in [1.29, 1.82) is 0 Å². The molecule has 0 saturated carbocycles. The Balaban J connectivity index is 2.16. The van der Waals surface area contributed by atoms with Crippen LogP contribution in [0.4, 0.5) is 5.69 Å². The van der Waals surface area contributed by atoms with Gasteiger partial charge in [-0.25, -0.2) is 0 Å². The molecule has 0 spiro atoms. The molecule has 0 aliphatic carbocycles. The minimum absolute atomic E-state index is 0.474. The van der Waals surface area contributed by atoms with Crippen LogP contribution in [0, 0.1) is 0 Å². The fourth-order valence-corrected chi connectivity index (χ4v) is 3.71. The second-order valence-corrected chi connectivity index (χ2v) is 5.86. The molecule has 1 aliphatic heterocycles. The van der Waals surface area contributed by atoms with E-state index in [9.17, 15) is 0 Å². The van der Waals surface area contributed by atoms with E-state index in [1.807, 2.05) is 23.9 Å². The maximum Gasteiger partial charge on any atom is 0.0488 e. The predicted octanol–water partition coefficient (Wildman–Crippen LogP) is 4.02. The summed E-state index contributed by atoms with van der Waals surface area (Å²) < 4.78 is 0. The minimum atomic E-state index is 0.474. The van der Waals surface area contributed by atoms with Crippen molar-refractivity contribution in [2.24, 2.45) is 0 Å². The fourth-order valence-electron chi connectivity index (χ4n) is 1.90. The van der Waals surface area contributed by atoms with Crippen LogP contribution in [-0.4, -0.2) is 24.6 Å². The zero-order valence-electron chi connectivity index (χ0n) is 9.25. The van der Waals surface area contributed by atoms with Gasteiger partial charge in [-0.3, -0.25) is 0 Å². The van der Waals surface area contributed by atoms with Crippen LogP contribution in [0.15, 0.2) is 18.2 Å². The smallest absolute Gasteiger partial charge is 0.0488 e. The lowest BCUT2D eigenvalue weighted by atomic mass is 10.1. The number of anilines is 1. The summed E-state index contributed by atoms with van der Waals surface area (Å²) >= 11 is 14.0. The lowest BCUT2D eigenvalue weighted by Crippen LogP contribution is -2.31. The van der Waals surface area contributed by atoms with E-state index in [2.05, 4.69) is 18.0 Å². The van der Waals surface area contributed by atoms with Gasteiger partial charge in [0.25, 0.3) is 0 Å². The minimum Gasteiger partial charge on any atom is -0.371 e. The Bertz CT molecular complexity index is 364. The highest BCUT2D eigenvalue weighted by atomic mass is 35.5. The summed E-state index contributed by atoms with van der Waals surface area (Å²) in [4.78, 5) is 2.32. The molecule has 0 radical (unpaired) electrons. The third kappa shape index (κ3) is 2.61. The maximum atomic E-state index is 6.16. The lowest BCUT2D eigenvalue weighted by molar-refractivity contribution is 0.700. The van der Waals surface area contributed by atoms with Crippen LogP contribution >= 0.6 is 35.0 Å². The van der Waals surface area contributed by atoms with Crippen molar-refractivity contribution in [1.82, 2.24) is 0 Å². The van der Waals surface area contributed by atoms with E-state index < -0.39 is 0 Å². The molecule has 1 saturated heterocycles. The van der Waals surface area contributed by atoms with Gasteiger partial charge in [-0.05, 0) is 29.9 Å². The van der Waals surface area contributed by atoms with Gasteiger partial charge in [0.2, 0.25) is 0 Å². The molecule has 0 bridgehead atoms. The van der Waals surface area contributed by atoms with Gasteiger partial charge in [0.15, 0.2) is 0 Å². The molecule has 0 N–H and O–H groups in total. The first kappa shape index (κ1) is 12.4. The number of rotatable bonds is 3. The normalized spacial score (nSPS) is 20.1. The van der Waals surface area contributed by atoms with Crippen molar-refractivity contribution in [2.75, 3.05) is 23.5 Å². The van der Waals surface area contributed by atoms with Crippen LogP contribution < -0.4 is 4.90 Å². The molecule has 16 heavy (non-hydrogen) atoms. The van der Waals surface area contributed by atoms with E-state index in [0.29, 0.717) is 11.9 Å². The Labute approximate surface area is 111 Å². The summed E-state index contributed by atoms with van der Waals surface area (Å²) in [5, 5.41) is 0.769. The third-order valence-electron chi connectivity index (χ3n) is 3.04. The molecule has 1 aliphatic rings. The van der Waals surface area contributed by atoms with E-state index in [1.165, 1.54) is 23.6 Å². The van der Waals surface area contributed by atoms with Crippen molar-refractivity contribution in [2.45, 2.75) is 18.3 Å². The number of alkyl halides is 1. The number of hydrogen-bond donors (Lipinski definition) is 0. The maximum absolute atomic E-state index is 6.16. The van der Waals surface area contributed by atoms with Crippen molar-refractivity contribution in [3.63, 3.8) is 0 Å². The Hall–Kier alpha value is -0.0500. The van der Waals surface area contributed by atoms with E-state index in [4.69, 9.17) is 23.2 Å². The van der Waals surface area contributed by atoms with Gasteiger partial charge >= 0.3 is 0 Å². The standard InChI is InChI=1S/C12H15Cl2NS/c1-15(11-4-5-16-8-11)10-3-2-9(7-13)12(14)6-10/h2-3,6,11H,4-5,7-8H2,1H3. The van der Waals surface area contributed by atoms with Crippen LogP contribution in [0.2, 0.25) is 5.02 Å². The van der Waals surface area contributed by atoms with Gasteiger partial charge in [-0.1, -0.05) is 17.7 Å². The highest BCUT2D eigenvalue weighted by molar-refractivity contribution is 7.99. The highest BCUT2D eigenvalue weighted by Gasteiger charge is 2.20. The molecule has 1 nitrogen and oxygen atoms in total. The summed E-state index contributed by atoms with van der Waals surface area (Å²) in [5.74, 6) is 2.95. The highest BCUT2D eigenvalue weighted by Crippen LogP contribution is 2.29. The van der Waals surface area contributed by atoms with Gasteiger partial charge in [0.05, 0.1) is 0 Å². The summed E-state index contributed by atoms with van der Waals surface area (Å²) in [6, 6.07) is 6.78. The van der Waals surface area contributed by atoms with Crippen molar-refractivity contribution in [3.05, 3.63) is 28.8 Å². The van der Waals surface area contributed by atoms with Crippen LogP contribution in [-0.2, 0) is 5.88 Å². The van der Waals surface area contributed by atoms with Crippen molar-refractivity contribution >= 4 is 40.7 Å². The first-order chi connectivity index (χ1) is 7.72. The van der Waals surface area contributed by atoms with Crippen LogP contribution in [0.5, 0.6) is 0 Å². The average Bonchev–Trinajstić information content (AvgIpc) is 2.81.